The van der Waals surface area contributed by atoms with Crippen LogP contribution in [0.4, 0.5) is 11.9 Å². The molecule has 164 valence electrons. The van der Waals surface area contributed by atoms with E-state index in [0.29, 0.717) is 43.5 Å². The van der Waals surface area contributed by atoms with E-state index in [0.717, 1.165) is 37.3 Å². The van der Waals surface area contributed by atoms with Crippen molar-refractivity contribution in [2.45, 2.75) is 43.6 Å². The van der Waals surface area contributed by atoms with Crippen LogP contribution in [0.2, 0.25) is 0 Å². The van der Waals surface area contributed by atoms with Crippen LogP contribution in [-0.4, -0.2) is 56.7 Å². The monoisotopic (exact) mass is 440 g/mol. The van der Waals surface area contributed by atoms with Crippen molar-refractivity contribution in [3.05, 3.63) is 42.1 Å². The molecular formula is C21H28N8OS. The van der Waals surface area contributed by atoms with E-state index in [1.165, 1.54) is 12.8 Å². The summed E-state index contributed by atoms with van der Waals surface area (Å²) in [6, 6.07) is 6.39. The first-order valence-electron chi connectivity index (χ1n) is 10.9. The summed E-state index contributed by atoms with van der Waals surface area (Å²) in [4.78, 5) is 23.4. The standard InChI is InChI=1S/C21H28N8OS/c22-18(31)19-24-20(27-9-11-30-12-10-27)26-21(25-19)29(16-5-1-2-6-16)14-15-13-28-8-4-3-7-17(28)23-15/h3-4,7-8,13,16,18,31H,1-2,5-6,9-12,14,22H2. The second-order valence-electron chi connectivity index (χ2n) is 8.10. The predicted molar refractivity (Wildman–Crippen MR) is 122 cm³/mol. The number of nitrogens with zero attached hydrogens (tertiary/aromatic N) is 7. The van der Waals surface area contributed by atoms with Crippen LogP contribution in [0.25, 0.3) is 5.65 Å². The van der Waals surface area contributed by atoms with E-state index in [9.17, 15) is 0 Å². The second-order valence-corrected chi connectivity index (χ2v) is 8.66. The Labute approximate surface area is 187 Å². The average molecular weight is 441 g/mol. The summed E-state index contributed by atoms with van der Waals surface area (Å²) in [6.45, 7) is 3.47. The zero-order chi connectivity index (χ0) is 21.2. The Morgan fingerprint density at radius 1 is 1.13 bits per heavy atom. The van der Waals surface area contributed by atoms with Crippen molar-refractivity contribution in [1.82, 2.24) is 24.3 Å². The van der Waals surface area contributed by atoms with Crippen LogP contribution in [0.1, 0.15) is 42.6 Å². The molecule has 0 spiro atoms. The molecule has 10 heteroatoms. The molecular weight excluding hydrogens is 412 g/mol. The van der Waals surface area contributed by atoms with Crippen LogP contribution >= 0.6 is 12.6 Å². The third-order valence-electron chi connectivity index (χ3n) is 5.96. The van der Waals surface area contributed by atoms with Gasteiger partial charge in [0.1, 0.15) is 11.0 Å². The number of thiol groups is 1. The molecule has 9 nitrogen and oxygen atoms in total. The molecule has 0 aromatic carbocycles. The Bertz CT molecular complexity index is 996. The molecule has 4 heterocycles. The van der Waals surface area contributed by atoms with Crippen LogP contribution in [-0.2, 0) is 11.3 Å². The van der Waals surface area contributed by atoms with E-state index in [1.807, 2.05) is 28.8 Å². The maximum Gasteiger partial charge on any atom is 0.231 e. The van der Waals surface area contributed by atoms with Gasteiger partial charge in [0.2, 0.25) is 11.9 Å². The first kappa shape index (κ1) is 20.5. The fraction of sp³-hybridized carbons (Fsp3) is 0.524. The van der Waals surface area contributed by atoms with E-state index in [-0.39, 0.29) is 0 Å². The van der Waals surface area contributed by atoms with Crippen molar-refractivity contribution in [3.63, 3.8) is 0 Å². The van der Waals surface area contributed by atoms with Gasteiger partial charge in [0.25, 0.3) is 0 Å². The minimum absolute atomic E-state index is 0.369. The number of morpholine rings is 1. The van der Waals surface area contributed by atoms with Gasteiger partial charge in [-0.2, -0.15) is 27.6 Å². The third kappa shape index (κ3) is 4.46. The van der Waals surface area contributed by atoms with E-state index < -0.39 is 5.37 Å². The molecule has 1 aliphatic carbocycles. The van der Waals surface area contributed by atoms with Crippen LogP contribution in [0.3, 0.4) is 0 Å². The lowest BCUT2D eigenvalue weighted by atomic mass is 10.2. The van der Waals surface area contributed by atoms with Crippen LogP contribution in [0.5, 0.6) is 0 Å². The molecule has 2 N–H and O–H groups in total. The number of nitrogens with two attached hydrogens (primary N) is 1. The molecule has 1 aliphatic heterocycles. The minimum Gasteiger partial charge on any atom is -0.378 e. The number of aromatic nitrogens is 5. The Morgan fingerprint density at radius 2 is 1.94 bits per heavy atom. The molecule has 3 aromatic rings. The number of pyridine rings is 1. The summed E-state index contributed by atoms with van der Waals surface area (Å²) in [5.74, 6) is 1.79. The number of ether oxygens (including phenoxy) is 1. The van der Waals surface area contributed by atoms with Crippen molar-refractivity contribution in [1.29, 1.82) is 0 Å². The lowest BCUT2D eigenvalue weighted by molar-refractivity contribution is 0.122. The van der Waals surface area contributed by atoms with Gasteiger partial charge >= 0.3 is 0 Å². The van der Waals surface area contributed by atoms with Gasteiger partial charge in [-0.3, -0.25) is 0 Å². The molecule has 1 saturated heterocycles. The van der Waals surface area contributed by atoms with E-state index in [1.54, 1.807) is 0 Å². The van der Waals surface area contributed by atoms with Gasteiger partial charge in [-0.1, -0.05) is 18.9 Å². The highest BCUT2D eigenvalue weighted by molar-refractivity contribution is 7.80. The normalized spacial score (nSPS) is 18.6. The van der Waals surface area contributed by atoms with Gasteiger partial charge in [0.15, 0.2) is 5.82 Å². The van der Waals surface area contributed by atoms with Gasteiger partial charge in [-0.25, -0.2) is 4.98 Å². The highest BCUT2D eigenvalue weighted by Gasteiger charge is 2.28. The fourth-order valence-corrected chi connectivity index (χ4v) is 4.47. The Morgan fingerprint density at radius 3 is 2.68 bits per heavy atom. The van der Waals surface area contributed by atoms with Gasteiger partial charge in [-0.05, 0) is 25.0 Å². The highest BCUT2D eigenvalue weighted by atomic mass is 32.1. The largest absolute Gasteiger partial charge is 0.378 e. The molecule has 2 fully saturated rings. The highest BCUT2D eigenvalue weighted by Crippen LogP contribution is 2.29. The van der Waals surface area contributed by atoms with Crippen molar-refractivity contribution in [2.75, 3.05) is 36.1 Å². The van der Waals surface area contributed by atoms with E-state index in [2.05, 4.69) is 33.6 Å². The summed E-state index contributed by atoms with van der Waals surface area (Å²) in [7, 11) is 0. The van der Waals surface area contributed by atoms with E-state index >= 15 is 0 Å². The first-order chi connectivity index (χ1) is 15.2. The minimum atomic E-state index is -0.567. The molecule has 2 aliphatic rings. The van der Waals surface area contributed by atoms with Gasteiger partial charge in [0, 0.05) is 31.5 Å². The maximum atomic E-state index is 6.07. The van der Waals surface area contributed by atoms with Crippen molar-refractivity contribution < 1.29 is 4.74 Å². The molecule has 0 radical (unpaired) electrons. The van der Waals surface area contributed by atoms with Crippen LogP contribution in [0, 0.1) is 0 Å². The Kier molecular flexibility index (Phi) is 5.93. The number of anilines is 2. The van der Waals surface area contributed by atoms with Gasteiger partial charge < -0.3 is 24.7 Å². The van der Waals surface area contributed by atoms with Crippen molar-refractivity contribution in [2.24, 2.45) is 5.73 Å². The SMILES string of the molecule is NC(S)c1nc(N2CCOCC2)nc(N(Cc2cn3ccccc3n2)C2CCCC2)n1. The smallest absolute Gasteiger partial charge is 0.231 e. The molecule has 1 saturated carbocycles. The van der Waals surface area contributed by atoms with Gasteiger partial charge in [0.05, 0.1) is 25.5 Å². The van der Waals surface area contributed by atoms with Crippen molar-refractivity contribution >= 4 is 30.2 Å². The lowest BCUT2D eigenvalue weighted by Gasteiger charge is -2.31. The summed E-state index contributed by atoms with van der Waals surface area (Å²) in [5, 5.41) is -0.567. The summed E-state index contributed by atoms with van der Waals surface area (Å²) in [6.07, 6.45) is 8.76. The van der Waals surface area contributed by atoms with Crippen molar-refractivity contribution in [3.8, 4) is 0 Å². The second kappa shape index (κ2) is 8.97. The quantitative estimate of drug-likeness (QED) is 0.445. The van der Waals surface area contributed by atoms with E-state index in [4.69, 9.17) is 25.4 Å². The third-order valence-corrected chi connectivity index (χ3v) is 6.19. The Balaban J connectivity index is 1.52. The molecule has 5 rings (SSSR count). The maximum absolute atomic E-state index is 6.07. The molecule has 1 unspecified atom stereocenters. The lowest BCUT2D eigenvalue weighted by Crippen LogP contribution is -2.39. The molecule has 31 heavy (non-hydrogen) atoms. The molecule has 0 bridgehead atoms. The zero-order valence-corrected chi connectivity index (χ0v) is 18.4. The van der Waals surface area contributed by atoms with Gasteiger partial charge in [-0.15, -0.1) is 0 Å². The number of fused-ring (bicyclic) bond motifs is 1. The molecule has 1 atom stereocenters. The molecule has 0 amide bonds. The first-order valence-corrected chi connectivity index (χ1v) is 11.4. The number of rotatable bonds is 6. The average Bonchev–Trinajstić information content (AvgIpc) is 3.47. The predicted octanol–water partition coefficient (Wildman–Crippen LogP) is 2.19. The Hall–Kier alpha value is -2.43. The number of hydrogen-bond donors (Lipinski definition) is 2. The summed E-state index contributed by atoms with van der Waals surface area (Å²) >= 11 is 4.40. The number of hydrogen-bond acceptors (Lipinski definition) is 9. The number of imidazole rings is 1. The molecule has 3 aromatic heterocycles. The summed E-state index contributed by atoms with van der Waals surface area (Å²) in [5.41, 5.74) is 8.00. The topological polar surface area (TPSA) is 97.7 Å². The summed E-state index contributed by atoms with van der Waals surface area (Å²) < 4.78 is 7.54. The zero-order valence-electron chi connectivity index (χ0n) is 17.5. The fourth-order valence-electron chi connectivity index (χ4n) is 4.35. The van der Waals surface area contributed by atoms with Crippen LogP contribution < -0.4 is 15.5 Å². The van der Waals surface area contributed by atoms with Crippen LogP contribution in [0.15, 0.2) is 30.6 Å².